The normalized spacial score (nSPS) is 11.9. The van der Waals surface area contributed by atoms with Gasteiger partial charge in [-0.1, -0.05) is 129 Å². The number of rotatable bonds is 25. The zero-order valence-corrected chi connectivity index (χ0v) is 22.2. The third-order valence-electron chi connectivity index (χ3n) is 5.86. The second-order valence-corrected chi connectivity index (χ2v) is 10.9. The largest absolute Gasteiger partial charge is 0.343 e. The van der Waals surface area contributed by atoms with Crippen molar-refractivity contribution in [1.29, 1.82) is 0 Å². The van der Waals surface area contributed by atoms with Gasteiger partial charge in [-0.25, -0.2) is 4.85 Å². The summed E-state index contributed by atoms with van der Waals surface area (Å²) >= 11 is 0. The van der Waals surface area contributed by atoms with Crippen molar-refractivity contribution in [3.05, 3.63) is 23.4 Å². The van der Waals surface area contributed by atoms with Crippen molar-refractivity contribution >= 4 is 7.60 Å². The zero-order chi connectivity index (χ0) is 23.6. The molecule has 0 heterocycles. The monoisotopic (exact) mass is 469 g/mol. The van der Waals surface area contributed by atoms with E-state index in [2.05, 4.69) is 18.7 Å². The van der Waals surface area contributed by atoms with Crippen molar-refractivity contribution in [2.75, 3.05) is 13.2 Å². The van der Waals surface area contributed by atoms with Gasteiger partial charge in [-0.3, -0.25) is 4.57 Å². The first kappa shape index (κ1) is 31.4. The van der Waals surface area contributed by atoms with E-state index in [-0.39, 0.29) is 0 Å². The van der Waals surface area contributed by atoms with Crippen LogP contribution < -0.4 is 0 Å². The van der Waals surface area contributed by atoms with E-state index >= 15 is 0 Å². The summed E-state index contributed by atoms with van der Waals surface area (Å²) in [4.78, 5) is 3.17. The molecule has 0 fully saturated rings. The van der Waals surface area contributed by atoms with Crippen molar-refractivity contribution in [3.63, 3.8) is 0 Å². The van der Waals surface area contributed by atoms with Crippen LogP contribution in [0.4, 0.5) is 0 Å². The van der Waals surface area contributed by atoms with E-state index in [9.17, 15) is 4.57 Å². The molecule has 188 valence electrons. The van der Waals surface area contributed by atoms with Crippen molar-refractivity contribution in [1.82, 2.24) is 0 Å². The molecule has 32 heavy (non-hydrogen) atoms. The van der Waals surface area contributed by atoms with Gasteiger partial charge in [0.05, 0.1) is 19.8 Å². The van der Waals surface area contributed by atoms with E-state index in [0.717, 1.165) is 25.7 Å². The molecule has 0 radical (unpaired) electrons. The van der Waals surface area contributed by atoms with Gasteiger partial charge in [0.2, 0.25) is 0 Å². The average Bonchev–Trinajstić information content (AvgIpc) is 2.80. The first-order chi connectivity index (χ1) is 15.7. The van der Waals surface area contributed by atoms with Gasteiger partial charge in [-0.15, -0.1) is 0 Å². The van der Waals surface area contributed by atoms with Gasteiger partial charge in [-0.05, 0) is 12.8 Å². The van der Waals surface area contributed by atoms with Crippen molar-refractivity contribution in [3.8, 4) is 0 Å². The van der Waals surface area contributed by atoms with Crippen molar-refractivity contribution in [2.45, 2.75) is 142 Å². The minimum atomic E-state index is -3.28. The summed E-state index contributed by atoms with van der Waals surface area (Å²) in [6, 6.07) is 0. The fourth-order valence-corrected chi connectivity index (χ4v) is 5.04. The molecule has 0 aromatic heterocycles. The number of hydrogen-bond donors (Lipinski definition) is 0. The highest BCUT2D eigenvalue weighted by molar-refractivity contribution is 7.57. The summed E-state index contributed by atoms with van der Waals surface area (Å²) in [7, 11) is -3.28. The SMILES string of the molecule is [C-]#[N+]/C=C/P(=O)(OCCCCCCCCCCCC)OCCCCCCCCCCCC. The Morgan fingerprint density at radius 2 is 0.906 bits per heavy atom. The molecule has 0 unspecified atom stereocenters. The summed E-state index contributed by atoms with van der Waals surface area (Å²) in [6.07, 6.45) is 26.3. The fraction of sp³-hybridized carbons (Fsp3) is 0.889. The maximum Gasteiger partial charge on any atom is 0.343 e. The molecule has 0 aliphatic carbocycles. The molecule has 0 amide bonds. The molecule has 0 aliphatic heterocycles. The predicted molar refractivity (Wildman–Crippen MR) is 139 cm³/mol. The zero-order valence-electron chi connectivity index (χ0n) is 21.3. The van der Waals surface area contributed by atoms with Gasteiger partial charge < -0.3 is 9.05 Å². The first-order valence-corrected chi connectivity index (χ1v) is 15.2. The Morgan fingerprint density at radius 1 is 0.594 bits per heavy atom. The summed E-state index contributed by atoms with van der Waals surface area (Å²) in [6.45, 7) is 12.3. The topological polar surface area (TPSA) is 39.9 Å². The molecule has 0 rings (SSSR count). The molecule has 0 saturated heterocycles. The van der Waals surface area contributed by atoms with E-state index in [1.807, 2.05) is 0 Å². The number of nitrogens with zero attached hydrogens (tertiary/aromatic N) is 1. The van der Waals surface area contributed by atoms with Crippen molar-refractivity contribution in [2.24, 2.45) is 0 Å². The molecule has 0 aromatic rings. The lowest BCUT2D eigenvalue weighted by atomic mass is 10.1. The van der Waals surface area contributed by atoms with E-state index in [0.29, 0.717) is 13.2 Å². The van der Waals surface area contributed by atoms with Crippen LogP contribution in [0.3, 0.4) is 0 Å². The van der Waals surface area contributed by atoms with Crippen LogP contribution in [-0.2, 0) is 13.6 Å². The molecule has 0 saturated carbocycles. The third-order valence-corrected chi connectivity index (χ3v) is 7.45. The summed E-state index contributed by atoms with van der Waals surface area (Å²) in [5.41, 5.74) is 0. The molecular weight excluding hydrogens is 417 g/mol. The summed E-state index contributed by atoms with van der Waals surface area (Å²) < 4.78 is 24.0. The summed E-state index contributed by atoms with van der Waals surface area (Å²) in [5, 5.41) is 0. The van der Waals surface area contributed by atoms with Crippen molar-refractivity contribution < 1.29 is 13.6 Å². The Balaban J connectivity index is 3.76. The smallest absolute Gasteiger partial charge is 0.306 e. The van der Waals surface area contributed by atoms with Crippen LogP contribution in [0.1, 0.15) is 142 Å². The highest BCUT2D eigenvalue weighted by Crippen LogP contribution is 2.50. The molecule has 0 aliphatic rings. The second-order valence-electron chi connectivity index (χ2n) is 9.00. The molecule has 0 aromatic carbocycles. The lowest BCUT2D eigenvalue weighted by molar-refractivity contribution is 0.205. The second kappa shape index (κ2) is 25.0. The Bertz CT molecular complexity index is 472. The Morgan fingerprint density at radius 3 is 1.22 bits per heavy atom. The van der Waals surface area contributed by atoms with Crippen LogP contribution in [-0.4, -0.2) is 13.2 Å². The summed E-state index contributed by atoms with van der Waals surface area (Å²) in [5.74, 6) is 1.33. The lowest BCUT2D eigenvalue weighted by Crippen LogP contribution is -1.98. The predicted octanol–water partition coefficient (Wildman–Crippen LogP) is 10.4. The maximum absolute atomic E-state index is 12.8. The van der Waals surface area contributed by atoms with Gasteiger partial charge in [0, 0.05) is 5.82 Å². The minimum absolute atomic E-state index is 0.439. The quantitative estimate of drug-likeness (QED) is 0.0758. The minimum Gasteiger partial charge on any atom is -0.306 e. The van der Waals surface area contributed by atoms with Crippen LogP contribution in [0.25, 0.3) is 4.85 Å². The van der Waals surface area contributed by atoms with Crippen LogP contribution in [0.2, 0.25) is 0 Å². The third kappa shape index (κ3) is 22.6. The van der Waals surface area contributed by atoms with Gasteiger partial charge in [0.25, 0.3) is 0 Å². The molecule has 5 heteroatoms. The Hall–Kier alpha value is -0.620. The van der Waals surface area contributed by atoms with Crippen LogP contribution in [0, 0.1) is 6.57 Å². The molecule has 0 bridgehead atoms. The fourth-order valence-electron chi connectivity index (χ4n) is 3.80. The first-order valence-electron chi connectivity index (χ1n) is 13.6. The standard InChI is InChI=1S/C27H52NO3P/c1-4-6-8-10-12-14-16-18-20-22-25-30-32(29,27-24-28-3)31-26-23-21-19-17-15-13-11-9-7-5-2/h24,27H,4-23,25-26H2,1-2H3/b27-24+. The Labute approximate surface area is 200 Å². The maximum atomic E-state index is 12.8. The van der Waals surface area contributed by atoms with Gasteiger partial charge in [0.1, 0.15) is 0 Å². The molecule has 0 atom stereocenters. The Kier molecular flexibility index (Phi) is 24.5. The molecular formula is C27H52NO3P. The number of hydrogen-bond acceptors (Lipinski definition) is 3. The van der Waals surface area contributed by atoms with Gasteiger partial charge in [-0.2, -0.15) is 0 Å². The van der Waals surface area contributed by atoms with Gasteiger partial charge in [0.15, 0.2) is 6.20 Å². The molecule has 0 N–H and O–H groups in total. The van der Waals surface area contributed by atoms with Crippen LogP contribution >= 0.6 is 7.60 Å². The van der Waals surface area contributed by atoms with Crippen LogP contribution in [0.5, 0.6) is 0 Å². The van der Waals surface area contributed by atoms with E-state index in [1.165, 1.54) is 115 Å². The van der Waals surface area contributed by atoms with Gasteiger partial charge >= 0.3 is 7.60 Å². The van der Waals surface area contributed by atoms with Crippen LogP contribution in [0.15, 0.2) is 12.0 Å². The van der Waals surface area contributed by atoms with E-state index in [1.54, 1.807) is 0 Å². The molecule has 0 spiro atoms. The lowest BCUT2D eigenvalue weighted by Gasteiger charge is -2.15. The highest BCUT2D eigenvalue weighted by Gasteiger charge is 2.19. The van der Waals surface area contributed by atoms with E-state index in [4.69, 9.17) is 15.6 Å². The average molecular weight is 470 g/mol. The number of unbranched alkanes of at least 4 members (excludes halogenated alkanes) is 18. The van der Waals surface area contributed by atoms with E-state index < -0.39 is 7.60 Å². The molecule has 4 nitrogen and oxygen atoms in total. The highest BCUT2D eigenvalue weighted by atomic mass is 31.2.